The highest BCUT2D eigenvalue weighted by Gasteiger charge is 2.44. The molecule has 1 heterocycles. The quantitative estimate of drug-likeness (QED) is 0.267. The first kappa shape index (κ1) is 32.6. The first-order chi connectivity index (χ1) is 18.3. The molecule has 39 heavy (non-hydrogen) atoms. The van der Waals surface area contributed by atoms with Gasteiger partial charge in [0.2, 0.25) is 0 Å². The minimum Gasteiger partial charge on any atom is -0.391 e. The Hall–Kier alpha value is -2.60. The van der Waals surface area contributed by atoms with Crippen molar-refractivity contribution in [3.05, 3.63) is 71.9 Å². The third-order valence-electron chi connectivity index (χ3n) is 7.30. The number of unbranched alkanes of at least 4 members (excludes halogenated alkanes) is 1. The Balaban J connectivity index is 0.000000374. The average Bonchev–Trinajstić information content (AvgIpc) is 3.16. The lowest BCUT2D eigenvalue weighted by Crippen LogP contribution is -2.34. The fourth-order valence-corrected chi connectivity index (χ4v) is 5.44. The van der Waals surface area contributed by atoms with Crippen molar-refractivity contribution < 1.29 is 18.0 Å². The summed E-state index contributed by atoms with van der Waals surface area (Å²) in [5, 5.41) is 3.41. The summed E-state index contributed by atoms with van der Waals surface area (Å²) >= 11 is 0. The number of fused-ring (bicyclic) bond motifs is 3. The second-order valence-electron chi connectivity index (χ2n) is 11.8. The number of alkyl halides is 3. The number of carbonyl (C=O) groups is 1. The van der Waals surface area contributed by atoms with Crippen LogP contribution in [0.2, 0.25) is 0 Å². The maximum Gasteiger partial charge on any atom is 0.386 e. The molecule has 0 atom stereocenters. The van der Waals surface area contributed by atoms with Crippen LogP contribution in [0.1, 0.15) is 83.8 Å². The first-order valence-electron chi connectivity index (χ1n) is 14.1. The predicted octanol–water partition coefficient (Wildman–Crippen LogP) is 8.53. The zero-order valence-electron chi connectivity index (χ0n) is 24.5. The monoisotopic (exact) mass is 544 g/mol. The standard InChI is InChI=1S/C25H32N2.C6H12O.C2H3F3/c1-20(26-2)25(16-8-11-19-27-17-9-3-10-18-27)23-14-6-4-12-21(23)22-13-5-7-15-24(22)25;1-6(2,3)4-5-7;1-2(3,4)5/h4-7,12-15,26H,1,3,8-11,16-19H2,2H3;5H,4H2,1-3H3;1H3. The molecule has 1 aliphatic carbocycles. The second-order valence-corrected chi connectivity index (χ2v) is 11.8. The number of hydrogen-bond donors (Lipinski definition) is 1. The van der Waals surface area contributed by atoms with Gasteiger partial charge in [0.25, 0.3) is 0 Å². The van der Waals surface area contributed by atoms with Gasteiger partial charge in [-0.15, -0.1) is 0 Å². The van der Waals surface area contributed by atoms with Crippen molar-refractivity contribution in [1.29, 1.82) is 0 Å². The van der Waals surface area contributed by atoms with Crippen molar-refractivity contribution in [3.8, 4) is 11.1 Å². The molecule has 1 aliphatic heterocycles. The van der Waals surface area contributed by atoms with Crippen LogP contribution >= 0.6 is 0 Å². The number of halogens is 3. The van der Waals surface area contributed by atoms with Gasteiger partial charge in [-0.2, -0.15) is 13.2 Å². The number of hydrogen-bond acceptors (Lipinski definition) is 3. The summed E-state index contributed by atoms with van der Waals surface area (Å²) in [4.78, 5) is 12.5. The summed E-state index contributed by atoms with van der Waals surface area (Å²) in [7, 11) is 2.02. The van der Waals surface area contributed by atoms with Crippen molar-refractivity contribution in [2.45, 2.75) is 84.2 Å². The van der Waals surface area contributed by atoms with Gasteiger partial charge < -0.3 is 15.0 Å². The van der Waals surface area contributed by atoms with Crippen LogP contribution in [0.25, 0.3) is 11.1 Å². The number of carbonyl (C=O) groups excluding carboxylic acids is 1. The Bertz CT molecular complexity index is 998. The first-order valence-corrected chi connectivity index (χ1v) is 14.1. The van der Waals surface area contributed by atoms with E-state index in [1.165, 1.54) is 74.0 Å². The largest absolute Gasteiger partial charge is 0.391 e. The molecular weight excluding hydrogens is 497 g/mol. The molecule has 1 fully saturated rings. The molecule has 0 radical (unpaired) electrons. The molecular formula is C33H47F3N2O. The Morgan fingerprint density at radius 1 is 0.923 bits per heavy atom. The Kier molecular flexibility index (Phi) is 12.3. The lowest BCUT2D eigenvalue weighted by molar-refractivity contribution is -0.110. The summed E-state index contributed by atoms with van der Waals surface area (Å²) in [5.41, 5.74) is 6.79. The minimum atomic E-state index is -4.00. The van der Waals surface area contributed by atoms with Crippen LogP contribution in [0, 0.1) is 5.41 Å². The van der Waals surface area contributed by atoms with Crippen molar-refractivity contribution >= 4 is 6.29 Å². The van der Waals surface area contributed by atoms with E-state index >= 15 is 0 Å². The average molecular weight is 545 g/mol. The fourth-order valence-electron chi connectivity index (χ4n) is 5.44. The third kappa shape index (κ3) is 9.82. The van der Waals surface area contributed by atoms with Gasteiger partial charge >= 0.3 is 6.18 Å². The number of nitrogens with one attached hydrogen (secondary N) is 1. The van der Waals surface area contributed by atoms with Crippen molar-refractivity contribution in [2.75, 3.05) is 26.7 Å². The van der Waals surface area contributed by atoms with Crippen molar-refractivity contribution in [2.24, 2.45) is 5.41 Å². The Labute approximate surface area is 233 Å². The SMILES string of the molecule is C=C(NC)C1(CCCCN2CCCCC2)c2ccccc2-c2ccccc21.CC(C)(C)CC=O.CC(F)(F)F. The van der Waals surface area contributed by atoms with Crippen LogP contribution in [-0.2, 0) is 10.2 Å². The minimum absolute atomic E-state index is 0.107. The van der Waals surface area contributed by atoms with Gasteiger partial charge in [0.05, 0.1) is 5.41 Å². The lowest BCUT2D eigenvalue weighted by Gasteiger charge is -2.35. The molecule has 0 spiro atoms. The number of likely N-dealkylation sites (N-methyl/N-ethyl adjacent to an activating group) is 1. The van der Waals surface area contributed by atoms with E-state index < -0.39 is 6.18 Å². The zero-order valence-corrected chi connectivity index (χ0v) is 24.5. The van der Waals surface area contributed by atoms with Crippen LogP contribution in [0.3, 0.4) is 0 Å². The summed E-state index contributed by atoms with van der Waals surface area (Å²) in [6.07, 6.45) is 5.39. The van der Waals surface area contributed by atoms with E-state index in [0.717, 1.165) is 18.4 Å². The molecule has 2 aromatic carbocycles. The molecule has 216 valence electrons. The van der Waals surface area contributed by atoms with E-state index in [1.807, 2.05) is 27.8 Å². The highest BCUT2D eigenvalue weighted by atomic mass is 19.4. The van der Waals surface area contributed by atoms with Gasteiger partial charge in [-0.25, -0.2) is 0 Å². The Morgan fingerprint density at radius 2 is 1.41 bits per heavy atom. The highest BCUT2D eigenvalue weighted by molar-refractivity contribution is 5.82. The molecule has 3 nitrogen and oxygen atoms in total. The summed E-state index contributed by atoms with van der Waals surface area (Å²) < 4.78 is 31.1. The Morgan fingerprint density at radius 3 is 1.82 bits per heavy atom. The number of rotatable bonds is 8. The lowest BCUT2D eigenvalue weighted by atomic mass is 9.72. The normalized spacial score (nSPS) is 16.0. The van der Waals surface area contributed by atoms with E-state index in [2.05, 4.69) is 65.3 Å². The number of aldehydes is 1. The fraction of sp³-hybridized carbons (Fsp3) is 0.545. The van der Waals surface area contributed by atoms with E-state index in [-0.39, 0.29) is 17.8 Å². The van der Waals surface area contributed by atoms with E-state index in [0.29, 0.717) is 6.42 Å². The highest BCUT2D eigenvalue weighted by Crippen LogP contribution is 2.54. The van der Waals surface area contributed by atoms with Crippen molar-refractivity contribution in [3.63, 3.8) is 0 Å². The van der Waals surface area contributed by atoms with Crippen LogP contribution in [0.5, 0.6) is 0 Å². The molecule has 6 heteroatoms. The molecule has 2 aliphatic rings. The van der Waals surface area contributed by atoms with Crippen LogP contribution < -0.4 is 5.32 Å². The van der Waals surface area contributed by atoms with E-state index in [4.69, 9.17) is 0 Å². The summed E-state index contributed by atoms with van der Waals surface area (Å²) in [6.45, 7) is 14.6. The van der Waals surface area contributed by atoms with Gasteiger partial charge in [0, 0.05) is 26.1 Å². The zero-order chi connectivity index (χ0) is 29.1. The molecule has 0 saturated carbocycles. The molecule has 0 bridgehead atoms. The molecule has 1 N–H and O–H groups in total. The number of likely N-dealkylation sites (tertiary alicyclic amines) is 1. The van der Waals surface area contributed by atoms with Gasteiger partial charge in [0.1, 0.15) is 6.29 Å². The maximum atomic E-state index is 10.4. The van der Waals surface area contributed by atoms with Gasteiger partial charge in [-0.3, -0.25) is 0 Å². The molecule has 0 unspecified atom stereocenters. The number of piperidine rings is 1. The van der Waals surface area contributed by atoms with E-state index in [1.54, 1.807) is 0 Å². The maximum absolute atomic E-state index is 10.4. The third-order valence-corrected chi connectivity index (χ3v) is 7.30. The van der Waals surface area contributed by atoms with Gasteiger partial charge in [-0.1, -0.05) is 88.7 Å². The summed E-state index contributed by atoms with van der Waals surface area (Å²) in [6, 6.07) is 17.8. The molecule has 2 aromatic rings. The second kappa shape index (κ2) is 14.7. The smallest absolute Gasteiger partial charge is 0.386 e. The molecule has 1 saturated heterocycles. The van der Waals surface area contributed by atoms with Gasteiger partial charge in [0.15, 0.2) is 0 Å². The van der Waals surface area contributed by atoms with Gasteiger partial charge in [-0.05, 0) is 73.0 Å². The van der Waals surface area contributed by atoms with Crippen LogP contribution in [0.4, 0.5) is 13.2 Å². The van der Waals surface area contributed by atoms with Crippen LogP contribution in [-0.4, -0.2) is 44.0 Å². The molecule has 4 rings (SSSR count). The number of nitrogens with zero attached hydrogens (tertiary/aromatic N) is 1. The number of allylic oxidation sites excluding steroid dienone is 1. The van der Waals surface area contributed by atoms with Crippen molar-refractivity contribution in [1.82, 2.24) is 10.2 Å². The topological polar surface area (TPSA) is 32.3 Å². The van der Waals surface area contributed by atoms with E-state index in [9.17, 15) is 18.0 Å². The number of benzene rings is 2. The molecule has 0 aromatic heterocycles. The molecule has 0 amide bonds. The summed E-state index contributed by atoms with van der Waals surface area (Å²) in [5.74, 6) is 0. The predicted molar refractivity (Wildman–Crippen MR) is 157 cm³/mol. The van der Waals surface area contributed by atoms with Crippen LogP contribution in [0.15, 0.2) is 60.8 Å².